The van der Waals surface area contributed by atoms with Crippen molar-refractivity contribution in [3.05, 3.63) is 48.3 Å². The van der Waals surface area contributed by atoms with Gasteiger partial charge in [-0.2, -0.15) is 5.10 Å². The first kappa shape index (κ1) is 12.6. The Hall–Kier alpha value is -1.81. The number of nitrogens with zero attached hydrogens (tertiary/aromatic N) is 2. The Bertz CT molecular complexity index is 467. The van der Waals surface area contributed by atoms with Gasteiger partial charge >= 0.3 is 0 Å². The number of nitrogens with two attached hydrogens (primary N) is 1. The highest BCUT2D eigenvalue weighted by atomic mass is 16.5. The van der Waals surface area contributed by atoms with E-state index in [0.29, 0.717) is 6.61 Å². The van der Waals surface area contributed by atoms with Crippen LogP contribution in [-0.2, 0) is 13.5 Å². The molecule has 1 unspecified atom stereocenters. The molecule has 0 aliphatic heterocycles. The Kier molecular flexibility index (Phi) is 4.36. The van der Waals surface area contributed by atoms with Crippen molar-refractivity contribution in [3.63, 3.8) is 0 Å². The molecule has 1 aromatic heterocycles. The summed E-state index contributed by atoms with van der Waals surface area (Å²) in [6.07, 6.45) is 5.53. The minimum Gasteiger partial charge on any atom is -0.494 e. The van der Waals surface area contributed by atoms with Gasteiger partial charge in [0, 0.05) is 19.3 Å². The lowest BCUT2D eigenvalue weighted by molar-refractivity contribution is 0.297. The molecule has 2 aromatic rings. The molecule has 0 amide bonds. The highest BCUT2D eigenvalue weighted by Crippen LogP contribution is 2.09. The molecular weight excluding hydrogens is 226 g/mol. The lowest BCUT2D eigenvalue weighted by Crippen LogP contribution is -2.25. The topological polar surface area (TPSA) is 53.1 Å². The van der Waals surface area contributed by atoms with Crippen LogP contribution in [0.4, 0.5) is 0 Å². The van der Waals surface area contributed by atoms with Gasteiger partial charge in [0.05, 0.1) is 12.8 Å². The van der Waals surface area contributed by atoms with Crippen LogP contribution >= 0.6 is 0 Å². The molecule has 0 spiro atoms. The molecule has 0 radical (unpaired) electrons. The molecule has 96 valence electrons. The average molecular weight is 245 g/mol. The number of aryl methyl sites for hydroxylation is 1. The molecule has 0 fully saturated rings. The molecule has 1 aromatic carbocycles. The van der Waals surface area contributed by atoms with Crippen LogP contribution in [0.2, 0.25) is 0 Å². The van der Waals surface area contributed by atoms with Gasteiger partial charge in [-0.05, 0) is 30.5 Å². The van der Waals surface area contributed by atoms with Gasteiger partial charge in [0.25, 0.3) is 0 Å². The molecule has 0 saturated carbocycles. The lowest BCUT2D eigenvalue weighted by atomic mass is 10.1. The van der Waals surface area contributed by atoms with Crippen molar-refractivity contribution in [2.45, 2.75) is 18.9 Å². The zero-order valence-corrected chi connectivity index (χ0v) is 10.6. The second-order valence-corrected chi connectivity index (χ2v) is 4.44. The minimum absolute atomic E-state index is 0.109. The maximum absolute atomic E-state index is 6.06. The summed E-state index contributed by atoms with van der Waals surface area (Å²) in [5.74, 6) is 0.895. The second kappa shape index (κ2) is 6.21. The fraction of sp³-hybridized carbons (Fsp3) is 0.357. The summed E-state index contributed by atoms with van der Waals surface area (Å²) in [5, 5.41) is 4.13. The molecule has 0 aliphatic carbocycles. The van der Waals surface area contributed by atoms with Crippen LogP contribution in [0.3, 0.4) is 0 Å². The first-order valence-corrected chi connectivity index (χ1v) is 6.15. The van der Waals surface area contributed by atoms with E-state index in [2.05, 4.69) is 5.10 Å². The Balaban J connectivity index is 1.70. The number of hydrogen-bond acceptors (Lipinski definition) is 3. The van der Waals surface area contributed by atoms with E-state index in [1.807, 2.05) is 49.8 Å². The van der Waals surface area contributed by atoms with Crippen molar-refractivity contribution >= 4 is 0 Å². The van der Waals surface area contributed by atoms with Crippen molar-refractivity contribution in [2.75, 3.05) is 6.61 Å². The van der Waals surface area contributed by atoms with E-state index in [1.165, 1.54) is 5.56 Å². The van der Waals surface area contributed by atoms with Crippen molar-refractivity contribution in [1.29, 1.82) is 0 Å². The predicted octanol–water partition coefficient (Wildman–Crippen LogP) is 1.76. The number of aromatic nitrogens is 2. The number of rotatable bonds is 6. The number of benzene rings is 1. The summed E-state index contributed by atoms with van der Waals surface area (Å²) in [5.41, 5.74) is 7.23. The van der Waals surface area contributed by atoms with Crippen LogP contribution in [0.1, 0.15) is 12.0 Å². The fourth-order valence-corrected chi connectivity index (χ4v) is 1.83. The molecule has 0 aliphatic rings. The smallest absolute Gasteiger partial charge is 0.119 e. The molecular formula is C14H19N3O. The zero-order chi connectivity index (χ0) is 12.8. The summed E-state index contributed by atoms with van der Waals surface area (Å²) in [7, 11) is 1.91. The monoisotopic (exact) mass is 245 g/mol. The van der Waals surface area contributed by atoms with Crippen LogP contribution in [0, 0.1) is 0 Å². The molecule has 18 heavy (non-hydrogen) atoms. The molecule has 4 nitrogen and oxygen atoms in total. The number of hydrogen-bond donors (Lipinski definition) is 1. The predicted molar refractivity (Wildman–Crippen MR) is 71.4 cm³/mol. The van der Waals surface area contributed by atoms with E-state index in [4.69, 9.17) is 10.5 Å². The van der Waals surface area contributed by atoms with Gasteiger partial charge in [0.1, 0.15) is 5.75 Å². The van der Waals surface area contributed by atoms with Crippen molar-refractivity contribution in [3.8, 4) is 5.75 Å². The first-order chi connectivity index (χ1) is 8.74. The van der Waals surface area contributed by atoms with E-state index in [0.717, 1.165) is 18.6 Å². The van der Waals surface area contributed by atoms with E-state index in [1.54, 1.807) is 4.68 Å². The van der Waals surface area contributed by atoms with Crippen LogP contribution in [0.15, 0.2) is 42.7 Å². The molecule has 1 atom stereocenters. The largest absolute Gasteiger partial charge is 0.494 e. The highest BCUT2D eigenvalue weighted by molar-refractivity contribution is 5.20. The van der Waals surface area contributed by atoms with Crippen molar-refractivity contribution in [1.82, 2.24) is 9.78 Å². The highest BCUT2D eigenvalue weighted by Gasteiger charge is 2.06. The summed E-state index contributed by atoms with van der Waals surface area (Å²) in [6.45, 7) is 0.644. The van der Waals surface area contributed by atoms with Gasteiger partial charge in [0.15, 0.2) is 0 Å². The van der Waals surface area contributed by atoms with E-state index < -0.39 is 0 Å². The zero-order valence-electron chi connectivity index (χ0n) is 10.6. The lowest BCUT2D eigenvalue weighted by Gasteiger charge is -2.11. The van der Waals surface area contributed by atoms with Crippen molar-refractivity contribution < 1.29 is 4.74 Å². The van der Waals surface area contributed by atoms with Gasteiger partial charge in [-0.15, -0.1) is 0 Å². The molecule has 4 heteroatoms. The van der Waals surface area contributed by atoms with Gasteiger partial charge in [0.2, 0.25) is 0 Å². The molecule has 0 saturated heterocycles. The first-order valence-electron chi connectivity index (χ1n) is 6.15. The molecule has 2 rings (SSSR count). The van der Waals surface area contributed by atoms with Crippen LogP contribution in [-0.4, -0.2) is 22.4 Å². The minimum atomic E-state index is 0.109. The van der Waals surface area contributed by atoms with Crippen LogP contribution < -0.4 is 10.5 Å². The maximum Gasteiger partial charge on any atom is 0.119 e. The second-order valence-electron chi connectivity index (χ2n) is 4.44. The van der Waals surface area contributed by atoms with Gasteiger partial charge in [-0.3, -0.25) is 4.68 Å². The van der Waals surface area contributed by atoms with E-state index in [-0.39, 0.29) is 6.04 Å². The van der Waals surface area contributed by atoms with Gasteiger partial charge in [-0.25, -0.2) is 0 Å². The summed E-state index contributed by atoms with van der Waals surface area (Å²) in [6, 6.07) is 9.91. The third kappa shape index (κ3) is 3.89. The summed E-state index contributed by atoms with van der Waals surface area (Å²) >= 11 is 0. The molecule has 2 N–H and O–H groups in total. The maximum atomic E-state index is 6.06. The van der Waals surface area contributed by atoms with Crippen LogP contribution in [0.5, 0.6) is 5.75 Å². The number of ether oxygens (including phenoxy) is 1. The summed E-state index contributed by atoms with van der Waals surface area (Å²) < 4.78 is 7.41. The molecule has 0 bridgehead atoms. The van der Waals surface area contributed by atoms with E-state index >= 15 is 0 Å². The Labute approximate surface area is 107 Å². The van der Waals surface area contributed by atoms with Gasteiger partial charge in [-0.1, -0.05) is 18.2 Å². The van der Waals surface area contributed by atoms with Gasteiger partial charge < -0.3 is 10.5 Å². The normalized spacial score (nSPS) is 12.3. The Morgan fingerprint density at radius 3 is 2.78 bits per heavy atom. The Morgan fingerprint density at radius 2 is 2.11 bits per heavy atom. The quantitative estimate of drug-likeness (QED) is 0.843. The Morgan fingerprint density at radius 1 is 1.33 bits per heavy atom. The fourth-order valence-electron chi connectivity index (χ4n) is 1.83. The average Bonchev–Trinajstić information content (AvgIpc) is 2.76. The molecule has 1 heterocycles. The third-order valence-electron chi connectivity index (χ3n) is 2.76. The van der Waals surface area contributed by atoms with Crippen molar-refractivity contribution in [2.24, 2.45) is 12.8 Å². The van der Waals surface area contributed by atoms with Crippen LogP contribution in [0.25, 0.3) is 0 Å². The SMILES string of the molecule is Cn1cc(CC(N)CCOc2ccccc2)cn1. The summed E-state index contributed by atoms with van der Waals surface area (Å²) in [4.78, 5) is 0. The standard InChI is InChI=1S/C14H19N3O/c1-17-11-12(10-16-17)9-13(15)7-8-18-14-5-3-2-4-6-14/h2-6,10-11,13H,7-9,15H2,1H3. The van der Waals surface area contributed by atoms with E-state index in [9.17, 15) is 0 Å². The number of para-hydroxylation sites is 1. The third-order valence-corrected chi connectivity index (χ3v) is 2.76.